The van der Waals surface area contributed by atoms with Crippen molar-refractivity contribution in [2.24, 2.45) is 11.7 Å². The van der Waals surface area contributed by atoms with Gasteiger partial charge < -0.3 is 21.5 Å². The van der Waals surface area contributed by atoms with Gasteiger partial charge >= 0.3 is 6.09 Å². The van der Waals surface area contributed by atoms with Gasteiger partial charge in [-0.05, 0) is 35.1 Å². The van der Waals surface area contributed by atoms with Crippen molar-refractivity contribution in [1.82, 2.24) is 10.6 Å². The molecule has 0 fully saturated rings. The molecule has 0 radical (unpaired) electrons. The van der Waals surface area contributed by atoms with Gasteiger partial charge in [-0.25, -0.2) is 4.79 Å². The molecule has 0 aliphatic rings. The van der Waals surface area contributed by atoms with Crippen molar-refractivity contribution in [3.63, 3.8) is 0 Å². The molecule has 2 aromatic rings. The summed E-state index contributed by atoms with van der Waals surface area (Å²) in [5, 5.41) is 13.9. The molecule has 2 rings (SSSR count). The molecule has 0 aromatic heterocycles. The molecule has 2 aromatic carbocycles. The third-order valence-corrected chi connectivity index (χ3v) is 4.27. The number of benzene rings is 2. The number of hydrogen-bond donors (Lipinski definition) is 4. The quantitative estimate of drug-likeness (QED) is 0.560. The molecule has 5 N–H and O–H groups in total. The third-order valence-electron chi connectivity index (χ3n) is 4.27. The molecule has 3 amide bonds. The van der Waals surface area contributed by atoms with Crippen LogP contribution in [-0.4, -0.2) is 29.1 Å². The summed E-state index contributed by atoms with van der Waals surface area (Å²) in [5.74, 6) is -0.789. The summed E-state index contributed by atoms with van der Waals surface area (Å²) in [6, 6.07) is 13.5. The summed E-state index contributed by atoms with van der Waals surface area (Å²) in [6.07, 6.45) is -0.679. The number of nitrogens with one attached hydrogen (secondary N) is 2. The Bertz CT molecular complexity index is 864. The number of nitrogens with two attached hydrogens (primary N) is 1. The fraction of sp³-hybridized carbons (Fsp3) is 0.286. The predicted octanol–water partition coefficient (Wildman–Crippen LogP) is 2.75. The second-order valence-electron chi connectivity index (χ2n) is 6.92. The molecule has 148 valence electrons. The van der Waals surface area contributed by atoms with Crippen LogP contribution in [0.5, 0.6) is 0 Å². The molecule has 28 heavy (non-hydrogen) atoms. The maximum atomic E-state index is 12.9. The fourth-order valence-electron chi connectivity index (χ4n) is 2.98. The lowest BCUT2D eigenvalue weighted by atomic mass is 9.94. The first-order valence-corrected chi connectivity index (χ1v) is 9.04. The van der Waals surface area contributed by atoms with Crippen LogP contribution >= 0.6 is 0 Å². The van der Waals surface area contributed by atoms with Gasteiger partial charge in [-0.2, -0.15) is 0 Å². The molecule has 0 saturated heterocycles. The third kappa shape index (κ3) is 5.57. The molecule has 0 spiro atoms. The monoisotopic (exact) mass is 383 g/mol. The van der Waals surface area contributed by atoms with Crippen molar-refractivity contribution >= 4 is 17.9 Å². The summed E-state index contributed by atoms with van der Waals surface area (Å²) in [7, 11) is 0. The van der Waals surface area contributed by atoms with Crippen LogP contribution in [0.4, 0.5) is 4.79 Å². The van der Waals surface area contributed by atoms with Gasteiger partial charge in [0.2, 0.25) is 5.91 Å². The van der Waals surface area contributed by atoms with Gasteiger partial charge in [-0.3, -0.25) is 9.59 Å². The summed E-state index contributed by atoms with van der Waals surface area (Å²) in [6.45, 7) is 4.00. The van der Waals surface area contributed by atoms with Crippen molar-refractivity contribution in [1.29, 1.82) is 0 Å². The zero-order valence-corrected chi connectivity index (χ0v) is 15.9. The van der Waals surface area contributed by atoms with Gasteiger partial charge in [0.15, 0.2) is 0 Å². The van der Waals surface area contributed by atoms with Gasteiger partial charge in [0.05, 0.1) is 0 Å². The van der Waals surface area contributed by atoms with E-state index in [1.54, 1.807) is 36.4 Å². The minimum atomic E-state index is -1.13. The smallest absolute Gasteiger partial charge is 0.404 e. The van der Waals surface area contributed by atoms with Crippen LogP contribution in [0.1, 0.15) is 36.2 Å². The van der Waals surface area contributed by atoms with Crippen LogP contribution in [-0.2, 0) is 11.3 Å². The zero-order chi connectivity index (χ0) is 20.7. The van der Waals surface area contributed by atoms with E-state index in [9.17, 15) is 14.4 Å². The maximum Gasteiger partial charge on any atom is 0.404 e. The molecule has 0 aliphatic heterocycles. The van der Waals surface area contributed by atoms with E-state index in [2.05, 4.69) is 10.6 Å². The second kappa shape index (κ2) is 9.55. The van der Waals surface area contributed by atoms with E-state index in [-0.39, 0.29) is 12.5 Å². The molecular formula is C21H25N3O4. The van der Waals surface area contributed by atoms with Crippen molar-refractivity contribution in [3.05, 3.63) is 59.7 Å². The number of carboxylic acid groups (broad SMARTS) is 1. The standard InChI is InChI=1S/C21H25N3O4/c1-13(2)11-18(19(22)25)24-20(26)17-10-6-5-9-16(17)15-8-4-3-7-14(15)12-23-21(27)28/h3-10,13,18,23H,11-12H2,1-2H3,(H2,22,25)(H,24,26)(H,27,28). The van der Waals surface area contributed by atoms with Gasteiger partial charge in [-0.1, -0.05) is 56.3 Å². The lowest BCUT2D eigenvalue weighted by Gasteiger charge is -2.19. The molecule has 7 heteroatoms. The summed E-state index contributed by atoms with van der Waals surface area (Å²) in [4.78, 5) is 35.4. The largest absolute Gasteiger partial charge is 0.465 e. The lowest BCUT2D eigenvalue weighted by Crippen LogP contribution is -2.45. The SMILES string of the molecule is CC(C)CC(NC(=O)c1ccccc1-c1ccccc1CNC(=O)O)C(N)=O. The Morgan fingerprint density at radius 3 is 2.21 bits per heavy atom. The second-order valence-corrected chi connectivity index (χ2v) is 6.92. The Morgan fingerprint density at radius 2 is 1.61 bits per heavy atom. The van der Waals surface area contributed by atoms with E-state index < -0.39 is 23.9 Å². The van der Waals surface area contributed by atoms with E-state index in [1.807, 2.05) is 26.0 Å². The highest BCUT2D eigenvalue weighted by atomic mass is 16.4. The van der Waals surface area contributed by atoms with E-state index >= 15 is 0 Å². The van der Waals surface area contributed by atoms with Crippen LogP contribution in [0, 0.1) is 5.92 Å². The van der Waals surface area contributed by atoms with Gasteiger partial charge in [0.25, 0.3) is 5.91 Å². The Hall–Kier alpha value is -3.35. The van der Waals surface area contributed by atoms with E-state index in [0.717, 1.165) is 11.1 Å². The van der Waals surface area contributed by atoms with Crippen LogP contribution in [0.2, 0.25) is 0 Å². The van der Waals surface area contributed by atoms with Crippen LogP contribution in [0.15, 0.2) is 48.5 Å². The fourth-order valence-corrected chi connectivity index (χ4v) is 2.98. The minimum Gasteiger partial charge on any atom is -0.465 e. The Labute approximate surface area is 163 Å². The molecule has 0 bridgehead atoms. The first kappa shape index (κ1) is 21.0. The highest BCUT2D eigenvalue weighted by Crippen LogP contribution is 2.27. The predicted molar refractivity (Wildman–Crippen MR) is 107 cm³/mol. The average Bonchev–Trinajstić information content (AvgIpc) is 2.65. The van der Waals surface area contributed by atoms with Crippen molar-refractivity contribution in [3.8, 4) is 11.1 Å². The summed E-state index contributed by atoms with van der Waals surface area (Å²) in [5.41, 5.74) is 7.95. The average molecular weight is 383 g/mol. The lowest BCUT2D eigenvalue weighted by molar-refractivity contribution is -0.120. The molecule has 7 nitrogen and oxygen atoms in total. The minimum absolute atomic E-state index is 0.110. The molecule has 1 unspecified atom stereocenters. The normalized spacial score (nSPS) is 11.7. The highest BCUT2D eigenvalue weighted by Gasteiger charge is 2.22. The first-order valence-electron chi connectivity index (χ1n) is 9.04. The topological polar surface area (TPSA) is 122 Å². The van der Waals surface area contributed by atoms with Crippen molar-refractivity contribution in [2.75, 3.05) is 0 Å². The molecule has 0 aliphatic carbocycles. The number of carbonyl (C=O) groups is 3. The van der Waals surface area contributed by atoms with Gasteiger partial charge in [0.1, 0.15) is 6.04 Å². The van der Waals surface area contributed by atoms with E-state index in [4.69, 9.17) is 10.8 Å². The highest BCUT2D eigenvalue weighted by molar-refractivity contribution is 6.03. The van der Waals surface area contributed by atoms with Crippen LogP contribution in [0.25, 0.3) is 11.1 Å². The Morgan fingerprint density at radius 1 is 1.00 bits per heavy atom. The number of amides is 3. The van der Waals surface area contributed by atoms with Crippen molar-refractivity contribution in [2.45, 2.75) is 32.9 Å². The molecule has 0 heterocycles. The maximum absolute atomic E-state index is 12.9. The number of carbonyl (C=O) groups excluding carboxylic acids is 2. The number of rotatable bonds is 8. The first-order chi connectivity index (χ1) is 13.3. The van der Waals surface area contributed by atoms with Crippen molar-refractivity contribution < 1.29 is 19.5 Å². The molecule has 0 saturated carbocycles. The van der Waals surface area contributed by atoms with Crippen LogP contribution in [0.3, 0.4) is 0 Å². The van der Waals surface area contributed by atoms with Gasteiger partial charge in [-0.15, -0.1) is 0 Å². The van der Waals surface area contributed by atoms with E-state index in [1.165, 1.54) is 0 Å². The van der Waals surface area contributed by atoms with E-state index in [0.29, 0.717) is 17.5 Å². The molecule has 1 atom stereocenters. The van der Waals surface area contributed by atoms with Crippen LogP contribution < -0.4 is 16.4 Å². The Kier molecular flexibility index (Phi) is 7.14. The number of hydrogen-bond acceptors (Lipinski definition) is 3. The summed E-state index contributed by atoms with van der Waals surface area (Å²) < 4.78 is 0. The number of primary amides is 1. The van der Waals surface area contributed by atoms with Gasteiger partial charge in [0, 0.05) is 12.1 Å². The summed E-state index contributed by atoms with van der Waals surface area (Å²) >= 11 is 0. The zero-order valence-electron chi connectivity index (χ0n) is 15.9. The Balaban J connectivity index is 2.37. The molecular weight excluding hydrogens is 358 g/mol.